The molecule has 1 heterocycles. The summed E-state index contributed by atoms with van der Waals surface area (Å²) in [6.45, 7) is 1.99. The summed E-state index contributed by atoms with van der Waals surface area (Å²) >= 11 is 11.9. The number of hydrogen-bond donors (Lipinski definition) is 1. The van der Waals surface area contributed by atoms with Crippen LogP contribution >= 0.6 is 23.2 Å². The number of rotatable bonds is 4. The Hall–Kier alpha value is -2.11. The van der Waals surface area contributed by atoms with Gasteiger partial charge >= 0.3 is 0 Å². The molecule has 5 nitrogen and oxygen atoms in total. The van der Waals surface area contributed by atoms with Crippen LogP contribution < -0.4 is 5.32 Å². The van der Waals surface area contributed by atoms with Gasteiger partial charge in [0.1, 0.15) is 12.1 Å². The Morgan fingerprint density at radius 1 is 1.22 bits per heavy atom. The first-order chi connectivity index (χ1) is 11.0. The van der Waals surface area contributed by atoms with E-state index in [9.17, 15) is 4.79 Å². The number of fused-ring (bicyclic) bond motifs is 1. The Morgan fingerprint density at radius 3 is 2.78 bits per heavy atom. The molecule has 7 heteroatoms. The summed E-state index contributed by atoms with van der Waals surface area (Å²) in [4.78, 5) is 12.2. The second-order valence-corrected chi connectivity index (χ2v) is 6.01. The van der Waals surface area contributed by atoms with Gasteiger partial charge in [0.25, 0.3) is 0 Å². The first kappa shape index (κ1) is 15.8. The molecule has 0 spiro atoms. The predicted molar refractivity (Wildman–Crippen MR) is 90.5 cm³/mol. The van der Waals surface area contributed by atoms with Gasteiger partial charge in [-0.05, 0) is 36.8 Å². The number of halogens is 2. The normalized spacial score (nSPS) is 12.3. The summed E-state index contributed by atoms with van der Waals surface area (Å²) in [5.74, 6) is -0.153. The van der Waals surface area contributed by atoms with Gasteiger partial charge in [-0.15, -0.1) is 5.10 Å². The highest BCUT2D eigenvalue weighted by molar-refractivity contribution is 6.42. The Morgan fingerprint density at radius 2 is 2.00 bits per heavy atom. The number of nitrogens with one attached hydrogen (secondary N) is 1. The minimum atomic E-state index is -0.188. The second-order valence-electron chi connectivity index (χ2n) is 5.20. The molecule has 3 rings (SSSR count). The molecular weight excluding hydrogens is 335 g/mol. The zero-order valence-corrected chi connectivity index (χ0v) is 13.8. The lowest BCUT2D eigenvalue weighted by atomic mass is 10.1. The molecule has 1 N–H and O–H groups in total. The van der Waals surface area contributed by atoms with Crippen molar-refractivity contribution in [3.05, 3.63) is 58.1 Å². The number of carbonyl (C=O) groups is 1. The van der Waals surface area contributed by atoms with Crippen LogP contribution in [0.1, 0.15) is 18.5 Å². The van der Waals surface area contributed by atoms with Crippen LogP contribution in [-0.2, 0) is 11.3 Å². The maximum atomic E-state index is 12.2. The van der Waals surface area contributed by atoms with Gasteiger partial charge in [0.15, 0.2) is 0 Å². The van der Waals surface area contributed by atoms with E-state index in [1.165, 1.54) is 0 Å². The minimum Gasteiger partial charge on any atom is -0.348 e. The van der Waals surface area contributed by atoms with E-state index in [1.807, 2.05) is 37.3 Å². The number of benzene rings is 2. The zero-order valence-electron chi connectivity index (χ0n) is 12.3. The molecule has 0 aliphatic heterocycles. The van der Waals surface area contributed by atoms with Crippen LogP contribution in [0.5, 0.6) is 0 Å². The number of carbonyl (C=O) groups excluding carboxylic acids is 1. The van der Waals surface area contributed by atoms with E-state index in [0.29, 0.717) is 10.0 Å². The number of nitrogens with zero attached hydrogens (tertiary/aromatic N) is 3. The molecule has 0 saturated heterocycles. The lowest BCUT2D eigenvalue weighted by Crippen LogP contribution is -2.30. The largest absolute Gasteiger partial charge is 0.348 e. The molecule has 0 saturated carbocycles. The van der Waals surface area contributed by atoms with E-state index >= 15 is 0 Å². The number of hydrogen-bond acceptors (Lipinski definition) is 3. The highest BCUT2D eigenvalue weighted by Crippen LogP contribution is 2.25. The first-order valence-electron chi connectivity index (χ1n) is 7.07. The van der Waals surface area contributed by atoms with Crippen molar-refractivity contribution in [2.24, 2.45) is 0 Å². The van der Waals surface area contributed by atoms with Crippen LogP contribution in [0, 0.1) is 0 Å². The summed E-state index contributed by atoms with van der Waals surface area (Å²) < 4.78 is 1.58. The lowest BCUT2D eigenvalue weighted by molar-refractivity contribution is -0.122. The molecule has 0 aliphatic rings. The molecule has 118 valence electrons. The van der Waals surface area contributed by atoms with E-state index in [2.05, 4.69) is 15.6 Å². The van der Waals surface area contributed by atoms with E-state index in [1.54, 1.807) is 16.8 Å². The van der Waals surface area contributed by atoms with Crippen molar-refractivity contribution in [3.63, 3.8) is 0 Å². The maximum Gasteiger partial charge on any atom is 0.242 e. The zero-order chi connectivity index (χ0) is 16.4. The Bertz CT molecular complexity index is 862. The molecule has 1 aromatic heterocycles. The van der Waals surface area contributed by atoms with Crippen LogP contribution in [0.3, 0.4) is 0 Å². The molecule has 0 radical (unpaired) electrons. The van der Waals surface area contributed by atoms with E-state index in [0.717, 1.165) is 16.6 Å². The third-order valence-corrected chi connectivity index (χ3v) is 4.27. The fourth-order valence-corrected chi connectivity index (χ4v) is 2.63. The molecule has 2 aromatic carbocycles. The molecule has 0 fully saturated rings. The smallest absolute Gasteiger partial charge is 0.242 e. The minimum absolute atomic E-state index is 0.103. The third kappa shape index (κ3) is 3.46. The molecule has 1 atom stereocenters. The fraction of sp³-hybridized carbons (Fsp3) is 0.188. The first-order valence-corrected chi connectivity index (χ1v) is 7.83. The molecule has 23 heavy (non-hydrogen) atoms. The Labute approximate surface area is 143 Å². The van der Waals surface area contributed by atoms with Gasteiger partial charge < -0.3 is 5.32 Å². The van der Waals surface area contributed by atoms with Crippen molar-refractivity contribution < 1.29 is 4.79 Å². The summed E-state index contributed by atoms with van der Waals surface area (Å²) in [7, 11) is 0. The number of aromatic nitrogens is 3. The van der Waals surface area contributed by atoms with Gasteiger partial charge in [-0.1, -0.05) is 46.6 Å². The summed E-state index contributed by atoms with van der Waals surface area (Å²) in [6.07, 6.45) is 0. The van der Waals surface area contributed by atoms with Gasteiger partial charge in [0, 0.05) is 0 Å². The summed E-state index contributed by atoms with van der Waals surface area (Å²) in [6, 6.07) is 12.6. The van der Waals surface area contributed by atoms with Crippen LogP contribution in [-0.4, -0.2) is 20.9 Å². The van der Waals surface area contributed by atoms with E-state index in [-0.39, 0.29) is 18.5 Å². The van der Waals surface area contributed by atoms with Gasteiger partial charge in [-0.2, -0.15) is 0 Å². The van der Waals surface area contributed by atoms with Gasteiger partial charge in [0.2, 0.25) is 5.91 Å². The molecule has 1 unspecified atom stereocenters. The third-order valence-electron chi connectivity index (χ3n) is 3.53. The number of amides is 1. The summed E-state index contributed by atoms with van der Waals surface area (Å²) in [5.41, 5.74) is 2.47. The van der Waals surface area contributed by atoms with Crippen LogP contribution in [0.2, 0.25) is 10.0 Å². The monoisotopic (exact) mass is 348 g/mol. The average molecular weight is 349 g/mol. The average Bonchev–Trinajstić information content (AvgIpc) is 2.93. The van der Waals surface area contributed by atoms with Crippen molar-refractivity contribution in [1.82, 2.24) is 20.3 Å². The van der Waals surface area contributed by atoms with Crippen molar-refractivity contribution in [2.75, 3.05) is 0 Å². The topological polar surface area (TPSA) is 59.8 Å². The molecule has 1 amide bonds. The quantitative estimate of drug-likeness (QED) is 0.783. The van der Waals surface area contributed by atoms with Crippen LogP contribution in [0.25, 0.3) is 11.0 Å². The Balaban J connectivity index is 1.70. The highest BCUT2D eigenvalue weighted by Gasteiger charge is 2.13. The van der Waals surface area contributed by atoms with Crippen molar-refractivity contribution >= 4 is 40.1 Å². The van der Waals surface area contributed by atoms with E-state index < -0.39 is 0 Å². The maximum absolute atomic E-state index is 12.2. The van der Waals surface area contributed by atoms with Crippen molar-refractivity contribution in [3.8, 4) is 0 Å². The standard InChI is InChI=1S/C16H14Cl2N4O/c1-10(11-6-7-12(17)13(18)8-11)19-16(23)9-22-15-5-3-2-4-14(15)20-21-22/h2-8,10H,9H2,1H3,(H,19,23). The lowest BCUT2D eigenvalue weighted by Gasteiger charge is -2.15. The number of para-hydroxylation sites is 1. The fourth-order valence-electron chi connectivity index (χ4n) is 2.32. The second kappa shape index (κ2) is 6.56. The molecule has 3 aromatic rings. The van der Waals surface area contributed by atoms with Crippen molar-refractivity contribution in [1.29, 1.82) is 0 Å². The SMILES string of the molecule is CC(NC(=O)Cn1nnc2ccccc21)c1ccc(Cl)c(Cl)c1. The van der Waals surface area contributed by atoms with Gasteiger partial charge in [-0.25, -0.2) is 4.68 Å². The van der Waals surface area contributed by atoms with Gasteiger partial charge in [-0.3, -0.25) is 4.79 Å². The molecule has 0 aliphatic carbocycles. The predicted octanol–water partition coefficient (Wildman–Crippen LogP) is 3.62. The van der Waals surface area contributed by atoms with Gasteiger partial charge in [0.05, 0.1) is 21.6 Å². The van der Waals surface area contributed by atoms with Crippen LogP contribution in [0.4, 0.5) is 0 Å². The highest BCUT2D eigenvalue weighted by atomic mass is 35.5. The summed E-state index contributed by atoms with van der Waals surface area (Å²) in [5, 5.41) is 11.9. The Kier molecular flexibility index (Phi) is 4.50. The molecule has 0 bridgehead atoms. The van der Waals surface area contributed by atoms with Crippen molar-refractivity contribution in [2.45, 2.75) is 19.5 Å². The van der Waals surface area contributed by atoms with E-state index in [4.69, 9.17) is 23.2 Å². The van der Waals surface area contributed by atoms with Crippen LogP contribution in [0.15, 0.2) is 42.5 Å². The molecular formula is C16H14Cl2N4O.